The maximum Gasteiger partial charge on any atom is 0.331 e. The molecule has 0 saturated carbocycles. The van der Waals surface area contributed by atoms with E-state index in [0.717, 1.165) is 23.3 Å². The predicted octanol–water partition coefficient (Wildman–Crippen LogP) is 5.40. The van der Waals surface area contributed by atoms with Gasteiger partial charge >= 0.3 is 5.69 Å². The zero-order chi connectivity index (χ0) is 20.6. The van der Waals surface area contributed by atoms with E-state index in [1.165, 1.54) is 11.1 Å². The predicted molar refractivity (Wildman–Crippen MR) is 120 cm³/mol. The summed E-state index contributed by atoms with van der Waals surface area (Å²) in [5.41, 5.74) is 4.47. The molecule has 0 aliphatic heterocycles. The second-order valence-corrected chi connectivity index (χ2v) is 8.77. The minimum atomic E-state index is -0.216. The summed E-state index contributed by atoms with van der Waals surface area (Å²) in [6.07, 6.45) is 0. The molecule has 148 valence electrons. The lowest BCUT2D eigenvalue weighted by molar-refractivity contribution is -0.916. The van der Waals surface area contributed by atoms with E-state index >= 15 is 0 Å². The molecule has 3 aromatic carbocycles. The van der Waals surface area contributed by atoms with Gasteiger partial charge in [0.15, 0.2) is 0 Å². The molecule has 29 heavy (non-hydrogen) atoms. The van der Waals surface area contributed by atoms with Crippen LogP contribution in [0.1, 0.15) is 11.1 Å². The molecule has 0 radical (unpaired) electrons. The third-order valence-corrected chi connectivity index (χ3v) is 5.70. The SMILES string of the molecule is C[N+](C)(Cc1ccccc1)Cc1ccc(-n2c(=O)[nH]c3cc(Cl)c(Cl)cc32)cc1. The van der Waals surface area contributed by atoms with Crippen molar-refractivity contribution >= 4 is 34.2 Å². The Morgan fingerprint density at radius 3 is 2.10 bits per heavy atom. The molecule has 0 saturated heterocycles. The van der Waals surface area contributed by atoms with Crippen LogP contribution in [0.15, 0.2) is 71.5 Å². The number of rotatable bonds is 5. The van der Waals surface area contributed by atoms with Gasteiger partial charge in [0, 0.05) is 11.1 Å². The molecule has 4 aromatic rings. The van der Waals surface area contributed by atoms with Gasteiger partial charge in [-0.2, -0.15) is 0 Å². The van der Waals surface area contributed by atoms with Gasteiger partial charge in [-0.05, 0) is 24.3 Å². The van der Waals surface area contributed by atoms with E-state index in [2.05, 4.69) is 55.5 Å². The number of quaternary nitrogens is 1. The number of hydrogen-bond donors (Lipinski definition) is 1. The summed E-state index contributed by atoms with van der Waals surface area (Å²) in [6.45, 7) is 1.84. The normalized spacial score (nSPS) is 11.9. The topological polar surface area (TPSA) is 37.8 Å². The van der Waals surface area contributed by atoms with E-state index in [9.17, 15) is 4.79 Å². The number of nitrogens with one attached hydrogen (secondary N) is 1. The number of H-pyrrole nitrogens is 1. The zero-order valence-corrected chi connectivity index (χ0v) is 17.8. The molecular weight excluding hydrogens is 405 g/mol. The second kappa shape index (κ2) is 7.71. The van der Waals surface area contributed by atoms with Gasteiger partial charge in [-0.3, -0.25) is 4.57 Å². The number of fused-ring (bicyclic) bond motifs is 1. The Bertz CT molecular complexity index is 1210. The molecule has 0 aliphatic carbocycles. The van der Waals surface area contributed by atoms with E-state index in [0.29, 0.717) is 21.1 Å². The first kappa shape index (κ1) is 19.8. The zero-order valence-electron chi connectivity index (χ0n) is 16.3. The number of benzene rings is 3. The Balaban J connectivity index is 1.60. The third kappa shape index (κ3) is 4.25. The minimum Gasteiger partial charge on any atom is -0.321 e. The van der Waals surface area contributed by atoms with Crippen molar-refractivity contribution in [1.29, 1.82) is 0 Å². The molecule has 6 heteroatoms. The van der Waals surface area contributed by atoms with Gasteiger partial charge in [0.05, 0.1) is 40.9 Å². The van der Waals surface area contributed by atoms with Gasteiger partial charge in [-0.25, -0.2) is 4.79 Å². The van der Waals surface area contributed by atoms with Gasteiger partial charge in [0.2, 0.25) is 0 Å². The van der Waals surface area contributed by atoms with Crippen molar-refractivity contribution in [3.05, 3.63) is 98.4 Å². The van der Waals surface area contributed by atoms with Crippen molar-refractivity contribution in [3.8, 4) is 5.69 Å². The first-order valence-corrected chi connectivity index (χ1v) is 10.1. The van der Waals surface area contributed by atoms with Crippen molar-refractivity contribution in [1.82, 2.24) is 9.55 Å². The molecule has 0 unspecified atom stereocenters. The van der Waals surface area contributed by atoms with Crippen LogP contribution in [0.3, 0.4) is 0 Å². The van der Waals surface area contributed by atoms with Gasteiger partial charge in [0.25, 0.3) is 0 Å². The highest BCUT2D eigenvalue weighted by Gasteiger charge is 2.17. The summed E-state index contributed by atoms with van der Waals surface area (Å²) in [5, 5.41) is 0.838. The first-order valence-electron chi connectivity index (χ1n) is 9.37. The van der Waals surface area contributed by atoms with Gasteiger partial charge in [-0.15, -0.1) is 0 Å². The molecule has 1 N–H and O–H groups in total. The molecule has 4 nitrogen and oxygen atoms in total. The van der Waals surface area contributed by atoms with Crippen molar-refractivity contribution in [2.24, 2.45) is 0 Å². The number of aromatic nitrogens is 2. The molecule has 0 spiro atoms. The Kier molecular flexibility index (Phi) is 5.26. The van der Waals surface area contributed by atoms with E-state index in [1.54, 1.807) is 16.7 Å². The number of imidazole rings is 1. The molecule has 0 amide bonds. The molecule has 0 bridgehead atoms. The van der Waals surface area contributed by atoms with Crippen LogP contribution in [0.25, 0.3) is 16.7 Å². The van der Waals surface area contributed by atoms with Crippen molar-refractivity contribution in [3.63, 3.8) is 0 Å². The maximum absolute atomic E-state index is 12.5. The summed E-state index contributed by atoms with van der Waals surface area (Å²) in [5.74, 6) is 0. The van der Waals surface area contributed by atoms with Crippen LogP contribution < -0.4 is 5.69 Å². The van der Waals surface area contributed by atoms with E-state index < -0.39 is 0 Å². The molecule has 1 heterocycles. The van der Waals surface area contributed by atoms with E-state index in [-0.39, 0.29) is 5.69 Å². The quantitative estimate of drug-likeness (QED) is 0.426. The fourth-order valence-electron chi connectivity index (χ4n) is 3.74. The van der Waals surface area contributed by atoms with Crippen LogP contribution in [-0.4, -0.2) is 28.1 Å². The molecule has 0 atom stereocenters. The first-order chi connectivity index (χ1) is 13.8. The smallest absolute Gasteiger partial charge is 0.321 e. The Hall–Kier alpha value is -2.53. The lowest BCUT2D eigenvalue weighted by atomic mass is 10.1. The lowest BCUT2D eigenvalue weighted by Gasteiger charge is -2.30. The fourth-order valence-corrected chi connectivity index (χ4v) is 4.06. The highest BCUT2D eigenvalue weighted by atomic mass is 35.5. The highest BCUT2D eigenvalue weighted by Crippen LogP contribution is 2.27. The molecule has 4 rings (SSSR count). The van der Waals surface area contributed by atoms with Crippen LogP contribution in [0.4, 0.5) is 0 Å². The Labute approximate surface area is 179 Å². The number of halogens is 2. The van der Waals surface area contributed by atoms with Gasteiger partial charge in [-0.1, -0.05) is 65.7 Å². The van der Waals surface area contributed by atoms with E-state index in [1.807, 2.05) is 18.2 Å². The Morgan fingerprint density at radius 1 is 0.862 bits per heavy atom. The standard InChI is InChI=1S/C23H21Cl2N3O/c1-28(2,14-16-6-4-3-5-7-16)15-17-8-10-18(11-9-17)27-22-13-20(25)19(24)12-21(22)26-23(27)29/h3-13H,14-15H2,1-2H3/p+1. The molecule has 0 fully saturated rings. The summed E-state index contributed by atoms with van der Waals surface area (Å²) < 4.78 is 2.45. The van der Waals surface area contributed by atoms with Crippen LogP contribution in [-0.2, 0) is 13.1 Å². The van der Waals surface area contributed by atoms with Crippen molar-refractivity contribution in [2.75, 3.05) is 14.1 Å². The van der Waals surface area contributed by atoms with E-state index in [4.69, 9.17) is 23.2 Å². The second-order valence-electron chi connectivity index (χ2n) is 7.95. The summed E-state index contributed by atoms with van der Waals surface area (Å²) >= 11 is 12.2. The largest absolute Gasteiger partial charge is 0.331 e. The molecule has 1 aromatic heterocycles. The third-order valence-electron chi connectivity index (χ3n) is 4.98. The monoisotopic (exact) mass is 426 g/mol. The van der Waals surface area contributed by atoms with Gasteiger partial charge < -0.3 is 9.47 Å². The summed E-state index contributed by atoms with van der Waals surface area (Å²) in [7, 11) is 4.44. The molecule has 0 aliphatic rings. The highest BCUT2D eigenvalue weighted by molar-refractivity contribution is 6.42. The molecular formula is C23H22Cl2N3O+. The number of hydrogen-bond acceptors (Lipinski definition) is 1. The lowest BCUT2D eigenvalue weighted by Crippen LogP contribution is -2.37. The number of nitrogens with zero attached hydrogens (tertiary/aromatic N) is 2. The van der Waals surface area contributed by atoms with Crippen LogP contribution in [0.5, 0.6) is 0 Å². The summed E-state index contributed by atoms with van der Waals surface area (Å²) in [4.78, 5) is 15.3. The fraction of sp³-hybridized carbons (Fsp3) is 0.174. The van der Waals surface area contributed by atoms with Crippen LogP contribution in [0, 0.1) is 0 Å². The Morgan fingerprint density at radius 2 is 1.45 bits per heavy atom. The van der Waals surface area contributed by atoms with Crippen LogP contribution in [0.2, 0.25) is 10.0 Å². The maximum atomic E-state index is 12.5. The average Bonchev–Trinajstić information content (AvgIpc) is 2.97. The average molecular weight is 427 g/mol. The van der Waals surface area contributed by atoms with Crippen molar-refractivity contribution in [2.45, 2.75) is 13.1 Å². The van der Waals surface area contributed by atoms with Gasteiger partial charge in [0.1, 0.15) is 13.1 Å². The van der Waals surface area contributed by atoms with Crippen molar-refractivity contribution < 1.29 is 4.48 Å². The van der Waals surface area contributed by atoms with Crippen LogP contribution >= 0.6 is 23.2 Å². The summed E-state index contributed by atoms with van der Waals surface area (Å²) in [6, 6.07) is 22.0. The number of aromatic amines is 1. The minimum absolute atomic E-state index is 0.216.